The van der Waals surface area contributed by atoms with Crippen LogP contribution >= 0.6 is 0 Å². The number of hydrogen-bond donors (Lipinski definition) is 0. The summed E-state index contributed by atoms with van der Waals surface area (Å²) in [4.78, 5) is 0. The Morgan fingerprint density at radius 2 is 0.750 bits per heavy atom. The van der Waals surface area contributed by atoms with Crippen molar-refractivity contribution in [3.63, 3.8) is 0 Å². The molecule has 0 fully saturated rings. The van der Waals surface area contributed by atoms with Crippen molar-refractivity contribution >= 4 is 12.2 Å². The maximum Gasteiger partial charge on any atom is 0.136 e. The second-order valence-corrected chi connectivity index (χ2v) is 4.67. The van der Waals surface area contributed by atoms with Gasteiger partial charge in [0.15, 0.2) is 0 Å². The summed E-state index contributed by atoms with van der Waals surface area (Å²) in [6.07, 6.45) is 7.37. The molecular formula is C18H10F6. The van der Waals surface area contributed by atoms with Crippen molar-refractivity contribution in [2.75, 3.05) is 0 Å². The van der Waals surface area contributed by atoms with Crippen LogP contribution in [0.2, 0.25) is 0 Å². The Balaban J connectivity index is 2.08. The van der Waals surface area contributed by atoms with Gasteiger partial charge >= 0.3 is 0 Å². The molecule has 0 saturated heterocycles. The third-order valence-electron chi connectivity index (χ3n) is 2.95. The third kappa shape index (κ3) is 4.38. The summed E-state index contributed by atoms with van der Waals surface area (Å²) in [6, 6.07) is 2.19. The van der Waals surface area contributed by atoms with Gasteiger partial charge in [0.2, 0.25) is 0 Å². The van der Waals surface area contributed by atoms with Gasteiger partial charge in [-0.15, -0.1) is 0 Å². The fourth-order valence-corrected chi connectivity index (χ4v) is 1.86. The number of halogens is 6. The smallest absolute Gasteiger partial charge is 0.136 e. The number of benzene rings is 2. The highest BCUT2D eigenvalue weighted by molar-refractivity contribution is 5.55. The van der Waals surface area contributed by atoms with E-state index in [9.17, 15) is 26.3 Å². The van der Waals surface area contributed by atoms with E-state index in [-0.39, 0.29) is 0 Å². The van der Waals surface area contributed by atoms with E-state index in [1.807, 2.05) is 0 Å². The third-order valence-corrected chi connectivity index (χ3v) is 2.95. The minimum atomic E-state index is -1.05. The topological polar surface area (TPSA) is 0 Å². The van der Waals surface area contributed by atoms with E-state index in [4.69, 9.17) is 0 Å². The highest BCUT2D eigenvalue weighted by Gasteiger charge is 2.08. The maximum absolute atomic E-state index is 13.3. The van der Waals surface area contributed by atoms with Crippen LogP contribution in [0.15, 0.2) is 48.6 Å². The first kappa shape index (κ1) is 17.6. The SMILES string of the molecule is Fc1cc(F)c(C=CC=CC=Cc2c(F)cc(F)cc2F)c(F)c1. The minimum absolute atomic E-state index is 0.416. The number of allylic oxidation sites excluding steroid dienone is 4. The Labute approximate surface area is 134 Å². The van der Waals surface area contributed by atoms with Crippen LogP contribution in [0.25, 0.3) is 12.2 Å². The summed E-state index contributed by atoms with van der Waals surface area (Å²) >= 11 is 0. The molecule has 0 amide bonds. The van der Waals surface area contributed by atoms with E-state index in [0.29, 0.717) is 24.3 Å². The highest BCUT2D eigenvalue weighted by atomic mass is 19.2. The zero-order chi connectivity index (χ0) is 17.7. The molecule has 124 valence electrons. The van der Waals surface area contributed by atoms with E-state index >= 15 is 0 Å². The molecule has 0 aliphatic rings. The zero-order valence-electron chi connectivity index (χ0n) is 12.0. The molecular weight excluding hydrogens is 330 g/mol. The maximum atomic E-state index is 13.3. The molecule has 0 aliphatic carbocycles. The molecule has 0 heterocycles. The largest absolute Gasteiger partial charge is 0.207 e. The Morgan fingerprint density at radius 1 is 0.458 bits per heavy atom. The van der Waals surface area contributed by atoms with Crippen LogP contribution in [0.1, 0.15) is 11.1 Å². The lowest BCUT2D eigenvalue weighted by molar-refractivity contribution is 0.539. The van der Waals surface area contributed by atoms with Crippen molar-refractivity contribution in [3.05, 3.63) is 94.6 Å². The summed E-state index contributed by atoms with van der Waals surface area (Å²) in [5.74, 6) is -6.26. The van der Waals surface area contributed by atoms with E-state index in [2.05, 4.69) is 0 Å². The van der Waals surface area contributed by atoms with Gasteiger partial charge in [-0.05, 0) is 12.2 Å². The first-order valence-corrected chi connectivity index (χ1v) is 6.69. The van der Waals surface area contributed by atoms with E-state index in [0.717, 1.165) is 12.2 Å². The van der Waals surface area contributed by atoms with Gasteiger partial charge in [0.25, 0.3) is 0 Å². The first-order valence-electron chi connectivity index (χ1n) is 6.69. The van der Waals surface area contributed by atoms with E-state index in [1.165, 1.54) is 24.3 Å². The molecule has 0 aromatic heterocycles. The average molecular weight is 340 g/mol. The Morgan fingerprint density at radius 3 is 1.04 bits per heavy atom. The first-order chi connectivity index (χ1) is 11.4. The van der Waals surface area contributed by atoms with Crippen LogP contribution in [0, 0.1) is 34.9 Å². The Hall–Kier alpha value is -2.76. The van der Waals surface area contributed by atoms with Crippen LogP contribution < -0.4 is 0 Å². The lowest BCUT2D eigenvalue weighted by Crippen LogP contribution is -1.90. The van der Waals surface area contributed by atoms with Crippen molar-refractivity contribution in [2.45, 2.75) is 0 Å². The summed E-state index contributed by atoms with van der Waals surface area (Å²) in [6.45, 7) is 0. The molecule has 0 atom stereocenters. The van der Waals surface area contributed by atoms with Crippen LogP contribution in [-0.4, -0.2) is 0 Å². The molecule has 6 heteroatoms. The average Bonchev–Trinajstić information content (AvgIpc) is 2.46. The van der Waals surface area contributed by atoms with E-state index < -0.39 is 46.0 Å². The molecule has 0 spiro atoms. The van der Waals surface area contributed by atoms with Gasteiger partial charge in [0, 0.05) is 35.4 Å². The monoisotopic (exact) mass is 340 g/mol. The second kappa shape index (κ2) is 7.68. The lowest BCUT2D eigenvalue weighted by atomic mass is 10.1. The van der Waals surface area contributed by atoms with Crippen LogP contribution in [0.4, 0.5) is 26.3 Å². The van der Waals surface area contributed by atoms with Gasteiger partial charge in [-0.25, -0.2) is 26.3 Å². The molecule has 0 nitrogen and oxygen atoms in total. The zero-order valence-corrected chi connectivity index (χ0v) is 12.0. The van der Waals surface area contributed by atoms with Crippen molar-refractivity contribution in [3.8, 4) is 0 Å². The molecule has 0 N–H and O–H groups in total. The van der Waals surface area contributed by atoms with Crippen molar-refractivity contribution in [1.29, 1.82) is 0 Å². The van der Waals surface area contributed by atoms with Gasteiger partial charge < -0.3 is 0 Å². The fraction of sp³-hybridized carbons (Fsp3) is 0. The summed E-state index contributed by atoms with van der Waals surface area (Å²) < 4.78 is 78.9. The number of hydrogen-bond acceptors (Lipinski definition) is 0. The molecule has 0 saturated carbocycles. The van der Waals surface area contributed by atoms with Crippen LogP contribution in [-0.2, 0) is 0 Å². The molecule has 0 radical (unpaired) electrons. The van der Waals surface area contributed by atoms with Crippen molar-refractivity contribution in [2.24, 2.45) is 0 Å². The van der Waals surface area contributed by atoms with Crippen molar-refractivity contribution in [1.82, 2.24) is 0 Å². The molecule has 2 aromatic rings. The second-order valence-electron chi connectivity index (χ2n) is 4.67. The quantitative estimate of drug-likeness (QED) is 0.487. The minimum Gasteiger partial charge on any atom is -0.207 e. The van der Waals surface area contributed by atoms with E-state index in [1.54, 1.807) is 0 Å². The molecule has 2 aromatic carbocycles. The molecule has 0 aliphatic heterocycles. The van der Waals surface area contributed by atoms with Gasteiger partial charge in [0.1, 0.15) is 34.9 Å². The molecule has 2 rings (SSSR count). The van der Waals surface area contributed by atoms with Crippen molar-refractivity contribution < 1.29 is 26.3 Å². The van der Waals surface area contributed by atoms with Gasteiger partial charge in [-0.2, -0.15) is 0 Å². The Kier molecular flexibility index (Phi) is 5.63. The molecule has 0 unspecified atom stereocenters. The van der Waals surface area contributed by atoms with Crippen LogP contribution in [0.3, 0.4) is 0 Å². The normalized spacial score (nSPS) is 12.1. The summed E-state index contributed by atoms with van der Waals surface area (Å²) in [7, 11) is 0. The standard InChI is InChI=1S/C18H10F6/c19-11-7-15(21)13(16(22)8-11)5-3-1-2-4-6-14-17(23)9-12(20)10-18(14)24/h1-10H. The number of rotatable bonds is 4. The molecule has 0 bridgehead atoms. The summed E-state index contributed by atoms with van der Waals surface area (Å²) in [5.41, 5.74) is -0.832. The van der Waals surface area contributed by atoms with Gasteiger partial charge in [-0.3, -0.25) is 0 Å². The predicted octanol–water partition coefficient (Wildman–Crippen LogP) is 5.80. The van der Waals surface area contributed by atoms with Gasteiger partial charge in [-0.1, -0.05) is 24.3 Å². The Bertz CT molecular complexity index is 718. The highest BCUT2D eigenvalue weighted by Crippen LogP contribution is 2.17. The lowest BCUT2D eigenvalue weighted by Gasteiger charge is -1.99. The van der Waals surface area contributed by atoms with Gasteiger partial charge in [0.05, 0.1) is 0 Å². The van der Waals surface area contributed by atoms with Crippen LogP contribution in [0.5, 0.6) is 0 Å². The summed E-state index contributed by atoms with van der Waals surface area (Å²) in [5, 5.41) is 0. The molecule has 24 heavy (non-hydrogen) atoms. The fourth-order valence-electron chi connectivity index (χ4n) is 1.86. The predicted molar refractivity (Wildman–Crippen MR) is 79.8 cm³/mol.